The molecule has 2 heterocycles. The molecule has 1 amide bonds. The lowest BCUT2D eigenvalue weighted by Gasteiger charge is -2.37. The van der Waals surface area contributed by atoms with E-state index in [0.717, 1.165) is 27.8 Å². The third kappa shape index (κ3) is 3.05. The standard InChI is InChI=1S/C25H22N4O/c1-28(2)19-14-12-17(13-15-19)24-27-23-21(16-18-8-6-7-11-22(18)26-23)25(30)29(24)20-9-4-3-5-10-20/h3-16,24H,1-2H3,(H,26,27)/t24-/m0/s1. The average molecular weight is 394 g/mol. The van der Waals surface area contributed by atoms with Crippen LogP contribution in [0.5, 0.6) is 0 Å². The summed E-state index contributed by atoms with van der Waals surface area (Å²) in [4.78, 5) is 22.3. The van der Waals surface area contributed by atoms with Gasteiger partial charge in [-0.25, -0.2) is 4.98 Å². The van der Waals surface area contributed by atoms with Crippen molar-refractivity contribution in [1.29, 1.82) is 0 Å². The highest BCUT2D eigenvalue weighted by molar-refractivity contribution is 6.13. The normalized spacial score (nSPS) is 15.6. The van der Waals surface area contributed by atoms with Crippen molar-refractivity contribution >= 4 is 34.0 Å². The third-order valence-electron chi connectivity index (χ3n) is 5.46. The highest BCUT2D eigenvalue weighted by atomic mass is 16.2. The van der Waals surface area contributed by atoms with E-state index in [0.29, 0.717) is 11.4 Å². The van der Waals surface area contributed by atoms with Crippen LogP contribution in [0.3, 0.4) is 0 Å². The quantitative estimate of drug-likeness (QED) is 0.527. The van der Waals surface area contributed by atoms with E-state index in [4.69, 9.17) is 4.98 Å². The molecular weight excluding hydrogens is 372 g/mol. The van der Waals surface area contributed by atoms with Gasteiger partial charge in [0.1, 0.15) is 12.0 Å². The molecule has 1 atom stereocenters. The van der Waals surface area contributed by atoms with Gasteiger partial charge in [-0.2, -0.15) is 0 Å². The molecular formula is C25H22N4O. The summed E-state index contributed by atoms with van der Waals surface area (Å²) in [5, 5.41) is 4.47. The van der Waals surface area contributed by atoms with Crippen LogP contribution in [0, 0.1) is 0 Å². The van der Waals surface area contributed by atoms with Gasteiger partial charge in [-0.1, -0.05) is 48.5 Å². The van der Waals surface area contributed by atoms with Crippen LogP contribution < -0.4 is 15.1 Å². The van der Waals surface area contributed by atoms with Crippen LogP contribution in [0.25, 0.3) is 10.9 Å². The first-order valence-corrected chi connectivity index (χ1v) is 9.94. The van der Waals surface area contributed by atoms with Crippen LogP contribution in [-0.4, -0.2) is 25.0 Å². The number of pyridine rings is 1. The van der Waals surface area contributed by atoms with Crippen molar-refractivity contribution < 1.29 is 4.79 Å². The number of anilines is 3. The van der Waals surface area contributed by atoms with Gasteiger partial charge in [-0.15, -0.1) is 0 Å². The Bertz CT molecular complexity index is 1220. The first-order valence-electron chi connectivity index (χ1n) is 9.94. The number of rotatable bonds is 3. The first kappa shape index (κ1) is 18.2. The number of aromatic nitrogens is 1. The van der Waals surface area contributed by atoms with E-state index >= 15 is 0 Å². The summed E-state index contributed by atoms with van der Waals surface area (Å²) in [6.45, 7) is 0. The summed E-state index contributed by atoms with van der Waals surface area (Å²) in [6.07, 6.45) is -0.350. The molecule has 1 aliphatic rings. The zero-order valence-corrected chi connectivity index (χ0v) is 16.9. The number of hydrogen-bond donors (Lipinski definition) is 1. The fourth-order valence-electron chi connectivity index (χ4n) is 3.87. The van der Waals surface area contributed by atoms with Crippen molar-refractivity contribution in [2.24, 2.45) is 0 Å². The van der Waals surface area contributed by atoms with Gasteiger partial charge >= 0.3 is 0 Å². The maximum absolute atomic E-state index is 13.7. The summed E-state index contributed by atoms with van der Waals surface area (Å²) in [7, 11) is 4.03. The molecule has 0 bridgehead atoms. The summed E-state index contributed by atoms with van der Waals surface area (Å²) < 4.78 is 0. The predicted octanol–water partition coefficient (Wildman–Crippen LogP) is 5.07. The Morgan fingerprint density at radius 3 is 2.33 bits per heavy atom. The topological polar surface area (TPSA) is 48.5 Å². The van der Waals surface area contributed by atoms with E-state index in [2.05, 4.69) is 34.5 Å². The largest absolute Gasteiger partial charge is 0.378 e. The van der Waals surface area contributed by atoms with Crippen LogP contribution in [0.1, 0.15) is 22.1 Å². The van der Waals surface area contributed by atoms with Gasteiger partial charge in [0, 0.05) is 30.9 Å². The highest BCUT2D eigenvalue weighted by Gasteiger charge is 2.35. The van der Waals surface area contributed by atoms with Crippen molar-refractivity contribution in [3.8, 4) is 0 Å². The molecule has 5 nitrogen and oxygen atoms in total. The number of nitrogens with one attached hydrogen (secondary N) is 1. The number of carbonyl (C=O) groups is 1. The van der Waals surface area contributed by atoms with Crippen molar-refractivity contribution in [2.75, 3.05) is 29.2 Å². The lowest BCUT2D eigenvalue weighted by molar-refractivity contribution is 0.0974. The molecule has 3 aromatic carbocycles. The van der Waals surface area contributed by atoms with Crippen LogP contribution in [0.2, 0.25) is 0 Å². The Morgan fingerprint density at radius 2 is 1.60 bits per heavy atom. The number of fused-ring (bicyclic) bond motifs is 2. The second-order valence-corrected chi connectivity index (χ2v) is 7.62. The summed E-state index contributed by atoms with van der Waals surface area (Å²) >= 11 is 0. The molecule has 5 heteroatoms. The lowest BCUT2D eigenvalue weighted by Crippen LogP contribution is -2.43. The minimum Gasteiger partial charge on any atom is -0.378 e. The summed E-state index contributed by atoms with van der Waals surface area (Å²) in [6, 6.07) is 27.8. The van der Waals surface area contributed by atoms with Gasteiger partial charge in [0.25, 0.3) is 5.91 Å². The number of benzene rings is 3. The van der Waals surface area contributed by atoms with E-state index in [9.17, 15) is 4.79 Å². The Morgan fingerprint density at radius 1 is 0.900 bits per heavy atom. The van der Waals surface area contributed by atoms with Gasteiger partial charge in [0.05, 0.1) is 11.1 Å². The molecule has 148 valence electrons. The van der Waals surface area contributed by atoms with Gasteiger partial charge in [0.15, 0.2) is 0 Å². The number of nitrogens with zero attached hydrogens (tertiary/aromatic N) is 3. The zero-order chi connectivity index (χ0) is 20.7. The number of para-hydroxylation sites is 2. The molecule has 30 heavy (non-hydrogen) atoms. The Labute approximate surface area is 175 Å². The molecule has 1 aliphatic heterocycles. The molecule has 0 saturated carbocycles. The molecule has 4 aromatic rings. The van der Waals surface area contributed by atoms with E-state index < -0.39 is 0 Å². The number of hydrogen-bond acceptors (Lipinski definition) is 4. The molecule has 1 N–H and O–H groups in total. The molecule has 0 fully saturated rings. The average Bonchev–Trinajstić information content (AvgIpc) is 2.78. The molecule has 0 aliphatic carbocycles. The molecule has 0 spiro atoms. The van der Waals surface area contributed by atoms with E-state index in [1.54, 1.807) is 0 Å². The van der Waals surface area contributed by atoms with Gasteiger partial charge in [-0.05, 0) is 42.0 Å². The highest BCUT2D eigenvalue weighted by Crippen LogP contribution is 2.37. The second-order valence-electron chi connectivity index (χ2n) is 7.62. The molecule has 0 saturated heterocycles. The van der Waals surface area contributed by atoms with Crippen LogP contribution in [0.15, 0.2) is 84.9 Å². The Balaban J connectivity index is 1.66. The fourth-order valence-corrected chi connectivity index (χ4v) is 3.87. The Hall–Kier alpha value is -3.86. The monoisotopic (exact) mass is 394 g/mol. The molecule has 0 radical (unpaired) electrons. The smallest absolute Gasteiger partial charge is 0.264 e. The minimum atomic E-state index is -0.350. The van der Waals surface area contributed by atoms with Crippen molar-refractivity contribution in [3.63, 3.8) is 0 Å². The molecule has 5 rings (SSSR count). The Kier molecular flexibility index (Phi) is 4.36. The van der Waals surface area contributed by atoms with Crippen molar-refractivity contribution in [3.05, 3.63) is 96.1 Å². The van der Waals surface area contributed by atoms with Crippen LogP contribution in [0.4, 0.5) is 17.2 Å². The third-order valence-corrected chi connectivity index (χ3v) is 5.46. The van der Waals surface area contributed by atoms with Gasteiger partial charge < -0.3 is 10.2 Å². The summed E-state index contributed by atoms with van der Waals surface area (Å²) in [5.74, 6) is 0.558. The zero-order valence-electron chi connectivity index (χ0n) is 16.9. The first-order chi connectivity index (χ1) is 14.6. The van der Waals surface area contributed by atoms with Crippen LogP contribution >= 0.6 is 0 Å². The predicted molar refractivity (Wildman–Crippen MR) is 122 cm³/mol. The second kappa shape index (κ2) is 7.19. The number of carbonyl (C=O) groups excluding carboxylic acids is 1. The van der Waals surface area contributed by atoms with Crippen molar-refractivity contribution in [2.45, 2.75) is 6.17 Å². The maximum Gasteiger partial charge on any atom is 0.264 e. The maximum atomic E-state index is 13.7. The van der Waals surface area contributed by atoms with E-state index in [1.165, 1.54) is 0 Å². The SMILES string of the molecule is CN(C)c1ccc([C@H]2Nc3nc4ccccc4cc3C(=O)N2c2ccccc2)cc1. The lowest BCUT2D eigenvalue weighted by atomic mass is 10.0. The minimum absolute atomic E-state index is 0.0603. The molecule has 0 unspecified atom stereocenters. The van der Waals surface area contributed by atoms with E-state index in [-0.39, 0.29) is 12.1 Å². The van der Waals surface area contributed by atoms with Crippen molar-refractivity contribution in [1.82, 2.24) is 4.98 Å². The van der Waals surface area contributed by atoms with Gasteiger partial charge in [0.2, 0.25) is 0 Å². The van der Waals surface area contributed by atoms with Crippen LogP contribution in [-0.2, 0) is 0 Å². The fraction of sp³-hybridized carbons (Fsp3) is 0.120. The molecule has 1 aromatic heterocycles. The van der Waals surface area contributed by atoms with Gasteiger partial charge in [-0.3, -0.25) is 9.69 Å². The summed E-state index contributed by atoms with van der Waals surface area (Å²) in [5.41, 5.74) is 4.40. The number of amides is 1. The van der Waals surface area contributed by atoms with E-state index in [1.807, 2.05) is 79.7 Å².